The molecule has 1 aromatic carbocycles. The molecule has 0 saturated heterocycles. The number of nitrogens with two attached hydrogens (primary N) is 1. The first-order chi connectivity index (χ1) is 11.9. The summed E-state index contributed by atoms with van der Waals surface area (Å²) in [4.78, 5) is 13.7. The van der Waals surface area contributed by atoms with Crippen molar-refractivity contribution in [2.24, 2.45) is 5.73 Å². The number of cyclic esters (lactones) is 1. The highest BCUT2D eigenvalue weighted by Gasteiger charge is 2.38. The van der Waals surface area contributed by atoms with Crippen molar-refractivity contribution in [3.8, 4) is 5.75 Å². The van der Waals surface area contributed by atoms with E-state index in [1.165, 1.54) is 0 Å². The Bertz CT molecular complexity index is 784. The number of aliphatic hydroxyl groups excluding tert-OH is 4. The number of H-pyrrole nitrogens is 1. The normalized spacial score (nSPS) is 18.0. The van der Waals surface area contributed by atoms with Crippen LogP contribution in [0.25, 0.3) is 10.9 Å². The topological polar surface area (TPSA) is 169 Å². The SMILES string of the molecule is NCCc1c[nH]c2ccc(O)cc12.O=C1O[C@H]([C@@H](O)CO)C(O)=C1O. The Balaban J connectivity index is 0.000000181. The van der Waals surface area contributed by atoms with E-state index in [1.54, 1.807) is 12.1 Å². The molecule has 25 heavy (non-hydrogen) atoms. The summed E-state index contributed by atoms with van der Waals surface area (Å²) in [5.74, 6) is -2.48. The molecule has 0 fully saturated rings. The van der Waals surface area contributed by atoms with Gasteiger partial charge in [0.05, 0.1) is 6.61 Å². The van der Waals surface area contributed by atoms with Crippen molar-refractivity contribution < 1.29 is 35.1 Å². The van der Waals surface area contributed by atoms with Crippen LogP contribution >= 0.6 is 0 Å². The van der Waals surface area contributed by atoms with Gasteiger partial charge in [0.25, 0.3) is 0 Å². The number of phenols is 1. The first kappa shape index (κ1) is 18.6. The highest BCUT2D eigenvalue weighted by molar-refractivity contribution is 5.89. The molecule has 1 aliphatic rings. The van der Waals surface area contributed by atoms with Crippen LogP contribution in [0.3, 0.4) is 0 Å². The second kappa shape index (κ2) is 7.88. The molecule has 0 aliphatic carbocycles. The van der Waals surface area contributed by atoms with Crippen molar-refractivity contribution in [1.82, 2.24) is 4.98 Å². The number of aromatic hydroxyl groups is 1. The number of nitrogens with one attached hydrogen (secondary N) is 1. The fraction of sp³-hybridized carbons (Fsp3) is 0.312. The van der Waals surface area contributed by atoms with Crippen molar-refractivity contribution in [3.05, 3.63) is 41.5 Å². The van der Waals surface area contributed by atoms with Crippen molar-refractivity contribution in [2.45, 2.75) is 18.6 Å². The minimum atomic E-state index is -1.42. The van der Waals surface area contributed by atoms with Crippen LogP contribution in [-0.4, -0.2) is 61.8 Å². The van der Waals surface area contributed by atoms with E-state index in [1.807, 2.05) is 12.3 Å². The molecule has 1 aromatic heterocycles. The fourth-order valence-electron chi connectivity index (χ4n) is 2.35. The van der Waals surface area contributed by atoms with E-state index in [4.69, 9.17) is 26.2 Å². The summed E-state index contributed by atoms with van der Waals surface area (Å²) in [7, 11) is 0. The van der Waals surface area contributed by atoms with Gasteiger partial charge in [-0.3, -0.25) is 0 Å². The zero-order valence-electron chi connectivity index (χ0n) is 13.2. The van der Waals surface area contributed by atoms with Crippen molar-refractivity contribution in [2.75, 3.05) is 13.2 Å². The molecular weight excluding hydrogens is 332 g/mol. The molecule has 2 heterocycles. The van der Waals surface area contributed by atoms with Gasteiger partial charge in [0.1, 0.15) is 11.9 Å². The summed E-state index contributed by atoms with van der Waals surface area (Å²) in [6.07, 6.45) is 0.00144. The average molecular weight is 352 g/mol. The van der Waals surface area contributed by atoms with E-state index in [0.29, 0.717) is 12.3 Å². The van der Waals surface area contributed by atoms with Crippen LogP contribution in [0.4, 0.5) is 0 Å². The van der Waals surface area contributed by atoms with Gasteiger partial charge in [-0.15, -0.1) is 0 Å². The number of esters is 1. The highest BCUT2D eigenvalue weighted by atomic mass is 16.6. The number of aromatic amines is 1. The predicted octanol–water partition coefficient (Wildman–Crippen LogP) is -0.0327. The van der Waals surface area contributed by atoms with Crippen LogP contribution in [0, 0.1) is 0 Å². The number of phenolic OH excluding ortho intramolecular Hbond substituents is 1. The lowest BCUT2D eigenvalue weighted by Gasteiger charge is -2.13. The Morgan fingerprint density at radius 2 is 2.00 bits per heavy atom. The Kier molecular flexibility index (Phi) is 5.86. The number of benzene rings is 1. The third kappa shape index (κ3) is 4.02. The Morgan fingerprint density at radius 3 is 2.56 bits per heavy atom. The van der Waals surface area contributed by atoms with Gasteiger partial charge in [-0.05, 0) is 36.7 Å². The summed E-state index contributed by atoms with van der Waals surface area (Å²) in [6.45, 7) is -0.0438. The van der Waals surface area contributed by atoms with Gasteiger partial charge >= 0.3 is 5.97 Å². The standard InChI is InChI=1S/C10H12N2O.C6H8O6/c11-4-3-7-6-12-10-2-1-8(13)5-9(7)10;7-1-2(8)5-3(9)4(10)6(11)12-5/h1-2,5-6,12-13H,3-4,11H2;2,5,7-10H,1H2/t;2-,5+/m.0/s1. The minimum Gasteiger partial charge on any atom is -0.508 e. The van der Waals surface area contributed by atoms with E-state index >= 15 is 0 Å². The first-order valence-electron chi connectivity index (χ1n) is 7.50. The number of rotatable bonds is 4. The zero-order chi connectivity index (χ0) is 18.6. The summed E-state index contributed by atoms with van der Waals surface area (Å²) >= 11 is 0. The molecule has 3 rings (SSSR count). The summed E-state index contributed by atoms with van der Waals surface area (Å²) < 4.78 is 4.32. The maximum Gasteiger partial charge on any atom is 0.377 e. The smallest absolute Gasteiger partial charge is 0.377 e. The summed E-state index contributed by atoms with van der Waals surface area (Å²) in [6, 6.07) is 5.30. The number of aliphatic hydroxyl groups is 4. The Hall–Kier alpha value is -2.75. The fourth-order valence-corrected chi connectivity index (χ4v) is 2.35. The summed E-state index contributed by atoms with van der Waals surface area (Å²) in [5, 5.41) is 45.4. The van der Waals surface area contributed by atoms with Crippen LogP contribution in [-0.2, 0) is 16.0 Å². The lowest BCUT2D eigenvalue weighted by Crippen LogP contribution is -2.31. The third-order valence-corrected chi connectivity index (χ3v) is 3.64. The van der Waals surface area contributed by atoms with Gasteiger partial charge in [0, 0.05) is 17.1 Å². The average Bonchev–Trinajstić information content (AvgIpc) is 3.11. The van der Waals surface area contributed by atoms with Crippen molar-refractivity contribution >= 4 is 16.9 Å². The largest absolute Gasteiger partial charge is 0.508 e. The molecule has 0 radical (unpaired) electrons. The molecule has 0 saturated carbocycles. The van der Waals surface area contributed by atoms with Crippen LogP contribution in [0.5, 0.6) is 5.75 Å². The molecule has 0 spiro atoms. The second-order valence-electron chi connectivity index (χ2n) is 5.39. The molecular formula is C16H20N2O7. The molecule has 9 heteroatoms. The highest BCUT2D eigenvalue weighted by Crippen LogP contribution is 2.23. The second-order valence-corrected chi connectivity index (χ2v) is 5.39. The number of carbonyl (C=O) groups is 1. The Labute approximate surface area is 142 Å². The molecule has 9 nitrogen and oxygen atoms in total. The number of hydrogen-bond donors (Lipinski definition) is 7. The van der Waals surface area contributed by atoms with E-state index in [2.05, 4.69) is 9.72 Å². The molecule has 2 atom stereocenters. The molecule has 2 aromatic rings. The molecule has 1 aliphatic heterocycles. The van der Waals surface area contributed by atoms with E-state index in [-0.39, 0.29) is 0 Å². The Morgan fingerprint density at radius 1 is 1.28 bits per heavy atom. The predicted molar refractivity (Wildman–Crippen MR) is 88.0 cm³/mol. The number of fused-ring (bicyclic) bond motifs is 1. The third-order valence-electron chi connectivity index (χ3n) is 3.64. The van der Waals surface area contributed by atoms with Crippen molar-refractivity contribution in [3.63, 3.8) is 0 Å². The van der Waals surface area contributed by atoms with Crippen LogP contribution in [0.2, 0.25) is 0 Å². The van der Waals surface area contributed by atoms with Gasteiger partial charge < -0.3 is 41.0 Å². The molecule has 8 N–H and O–H groups in total. The number of hydrogen-bond acceptors (Lipinski definition) is 8. The van der Waals surface area contributed by atoms with E-state index in [9.17, 15) is 9.90 Å². The van der Waals surface area contributed by atoms with E-state index in [0.717, 1.165) is 22.9 Å². The summed E-state index contributed by atoms with van der Waals surface area (Å²) in [5.41, 5.74) is 7.68. The lowest BCUT2D eigenvalue weighted by atomic mass is 10.1. The van der Waals surface area contributed by atoms with Gasteiger partial charge in [-0.2, -0.15) is 0 Å². The first-order valence-corrected chi connectivity index (χ1v) is 7.50. The maximum absolute atomic E-state index is 10.5. The van der Waals surface area contributed by atoms with E-state index < -0.39 is 36.3 Å². The van der Waals surface area contributed by atoms with Gasteiger partial charge in [0.2, 0.25) is 5.76 Å². The monoisotopic (exact) mass is 352 g/mol. The van der Waals surface area contributed by atoms with Gasteiger partial charge in [-0.1, -0.05) is 0 Å². The van der Waals surface area contributed by atoms with Crippen LogP contribution < -0.4 is 5.73 Å². The zero-order valence-corrected chi connectivity index (χ0v) is 13.2. The minimum absolute atomic E-state index is 0.297. The quantitative estimate of drug-likeness (QED) is 0.376. The molecule has 0 bridgehead atoms. The molecule has 0 unspecified atom stereocenters. The molecule has 0 amide bonds. The number of carbonyl (C=O) groups excluding carboxylic acids is 1. The van der Waals surface area contributed by atoms with Crippen LogP contribution in [0.15, 0.2) is 35.9 Å². The maximum atomic E-state index is 10.5. The van der Waals surface area contributed by atoms with Gasteiger partial charge in [-0.25, -0.2) is 4.79 Å². The lowest BCUT2D eigenvalue weighted by molar-refractivity contribution is -0.147. The van der Waals surface area contributed by atoms with Crippen LogP contribution in [0.1, 0.15) is 5.56 Å². The number of aromatic nitrogens is 1. The molecule has 136 valence electrons. The number of ether oxygens (including phenoxy) is 1. The van der Waals surface area contributed by atoms with Crippen molar-refractivity contribution in [1.29, 1.82) is 0 Å². The van der Waals surface area contributed by atoms with Gasteiger partial charge in [0.15, 0.2) is 11.9 Å².